The Morgan fingerprint density at radius 1 is 0.944 bits per heavy atom. The van der Waals surface area contributed by atoms with Gasteiger partial charge in [0.15, 0.2) is 0 Å². The minimum atomic E-state index is 0.798. The fraction of sp³-hybridized carbons (Fsp3) is 0.188. The maximum atomic E-state index is 5.35. The fourth-order valence-electron chi connectivity index (χ4n) is 1.75. The molecular weight excluding hydrogens is 238 g/mol. The molecule has 92 valence electrons. The molecule has 18 heavy (non-hydrogen) atoms. The summed E-state index contributed by atoms with van der Waals surface area (Å²) in [5.74, 6) is 0. The van der Waals surface area contributed by atoms with Gasteiger partial charge >= 0.3 is 0 Å². The Bertz CT molecular complexity index is 502. The molecule has 0 aromatic heterocycles. The van der Waals surface area contributed by atoms with E-state index in [1.54, 1.807) is 0 Å². The zero-order valence-corrected chi connectivity index (χ0v) is 11.3. The van der Waals surface area contributed by atoms with Crippen molar-refractivity contribution in [2.75, 3.05) is 0 Å². The van der Waals surface area contributed by atoms with Gasteiger partial charge in [0.25, 0.3) is 0 Å². The minimum Gasteiger partial charge on any atom is -0.375 e. The molecule has 0 unspecified atom stereocenters. The molecule has 0 atom stereocenters. The van der Waals surface area contributed by atoms with Gasteiger partial charge in [0.05, 0.1) is 4.99 Å². The molecule has 0 saturated heterocycles. The zero-order valence-electron chi connectivity index (χ0n) is 10.5. The Labute approximate surface area is 114 Å². The molecule has 2 aromatic rings. The van der Waals surface area contributed by atoms with Crippen molar-refractivity contribution in [3.05, 3.63) is 71.3 Å². The molecule has 0 radical (unpaired) electrons. The molecule has 0 spiro atoms. The highest BCUT2D eigenvalue weighted by Gasteiger charge is 1.99. The van der Waals surface area contributed by atoms with Gasteiger partial charge in [-0.2, -0.15) is 0 Å². The lowest BCUT2D eigenvalue weighted by Crippen LogP contribution is -2.22. The molecule has 0 bridgehead atoms. The maximum Gasteiger partial charge on any atom is 0.0800 e. The molecular formula is C16H17NS. The van der Waals surface area contributed by atoms with Gasteiger partial charge in [-0.3, -0.25) is 0 Å². The fourth-order valence-corrected chi connectivity index (χ4v) is 1.99. The summed E-state index contributed by atoms with van der Waals surface area (Å²) in [4.78, 5) is 0.891. The summed E-state index contributed by atoms with van der Waals surface area (Å²) < 4.78 is 0. The first-order chi connectivity index (χ1) is 8.74. The van der Waals surface area contributed by atoms with Crippen molar-refractivity contribution in [2.24, 2.45) is 0 Å². The second-order valence-electron chi connectivity index (χ2n) is 4.42. The van der Waals surface area contributed by atoms with E-state index in [4.69, 9.17) is 12.2 Å². The highest BCUT2D eigenvalue weighted by molar-refractivity contribution is 7.80. The van der Waals surface area contributed by atoms with Crippen LogP contribution >= 0.6 is 12.2 Å². The zero-order chi connectivity index (χ0) is 12.8. The number of nitrogens with one attached hydrogen (secondary N) is 1. The van der Waals surface area contributed by atoms with Crippen LogP contribution in [0.2, 0.25) is 0 Å². The van der Waals surface area contributed by atoms with Gasteiger partial charge in [-0.15, -0.1) is 0 Å². The van der Waals surface area contributed by atoms with E-state index < -0.39 is 0 Å². The monoisotopic (exact) mass is 255 g/mol. The summed E-state index contributed by atoms with van der Waals surface area (Å²) in [6, 6.07) is 18.8. The summed E-state index contributed by atoms with van der Waals surface area (Å²) in [6.07, 6.45) is 0.808. The van der Waals surface area contributed by atoms with Gasteiger partial charge in [-0.05, 0) is 18.1 Å². The molecule has 2 rings (SSSR count). The minimum absolute atomic E-state index is 0.798. The molecule has 1 N–H and O–H groups in total. The summed E-state index contributed by atoms with van der Waals surface area (Å²) in [7, 11) is 0. The van der Waals surface area contributed by atoms with E-state index in [9.17, 15) is 0 Å². The van der Waals surface area contributed by atoms with E-state index >= 15 is 0 Å². The first kappa shape index (κ1) is 12.8. The van der Waals surface area contributed by atoms with Crippen LogP contribution in [0.1, 0.15) is 16.7 Å². The van der Waals surface area contributed by atoms with Crippen LogP contribution in [0, 0.1) is 6.92 Å². The number of hydrogen-bond acceptors (Lipinski definition) is 1. The Kier molecular flexibility index (Phi) is 4.48. The molecule has 0 heterocycles. The summed E-state index contributed by atoms with van der Waals surface area (Å²) in [6.45, 7) is 2.89. The van der Waals surface area contributed by atoms with E-state index in [0.717, 1.165) is 18.0 Å². The summed E-state index contributed by atoms with van der Waals surface area (Å²) in [5.41, 5.74) is 3.79. The van der Waals surface area contributed by atoms with E-state index in [-0.39, 0.29) is 0 Å². The number of benzene rings is 2. The van der Waals surface area contributed by atoms with Gasteiger partial charge in [-0.1, -0.05) is 72.4 Å². The standard InChI is InChI=1S/C16H17NS/c1-13-7-9-15(10-8-13)12-17-16(18)11-14-5-3-2-4-6-14/h2-10H,11-12H2,1H3,(H,17,18). The topological polar surface area (TPSA) is 12.0 Å². The largest absolute Gasteiger partial charge is 0.375 e. The van der Waals surface area contributed by atoms with E-state index in [1.165, 1.54) is 16.7 Å². The van der Waals surface area contributed by atoms with Crippen LogP contribution in [-0.2, 0) is 13.0 Å². The highest BCUT2D eigenvalue weighted by Crippen LogP contribution is 2.04. The Balaban J connectivity index is 1.83. The third-order valence-electron chi connectivity index (χ3n) is 2.82. The molecule has 1 nitrogen and oxygen atoms in total. The molecule has 0 fully saturated rings. The van der Waals surface area contributed by atoms with Crippen LogP contribution in [0.3, 0.4) is 0 Å². The second kappa shape index (κ2) is 6.31. The van der Waals surface area contributed by atoms with Crippen molar-refractivity contribution < 1.29 is 0 Å². The lowest BCUT2D eigenvalue weighted by Gasteiger charge is -2.08. The van der Waals surface area contributed by atoms with Crippen molar-refractivity contribution in [3.8, 4) is 0 Å². The first-order valence-corrected chi connectivity index (χ1v) is 6.51. The second-order valence-corrected chi connectivity index (χ2v) is 4.92. The van der Waals surface area contributed by atoms with Crippen molar-refractivity contribution in [3.63, 3.8) is 0 Å². The van der Waals surface area contributed by atoms with Crippen LogP contribution in [0.15, 0.2) is 54.6 Å². The molecule has 0 aliphatic rings. The molecule has 0 aliphatic heterocycles. The normalized spacial score (nSPS) is 10.1. The predicted octanol–water partition coefficient (Wildman–Crippen LogP) is 3.65. The van der Waals surface area contributed by atoms with Crippen LogP contribution in [0.5, 0.6) is 0 Å². The molecule has 0 aliphatic carbocycles. The summed E-state index contributed by atoms with van der Waals surface area (Å²) >= 11 is 5.35. The van der Waals surface area contributed by atoms with E-state index in [0.29, 0.717) is 0 Å². The SMILES string of the molecule is Cc1ccc(CNC(=S)Cc2ccccc2)cc1. The third kappa shape index (κ3) is 3.97. The van der Waals surface area contributed by atoms with Crippen LogP contribution in [-0.4, -0.2) is 4.99 Å². The lowest BCUT2D eigenvalue weighted by atomic mass is 10.1. The smallest absolute Gasteiger partial charge is 0.0800 e. The van der Waals surface area contributed by atoms with Gasteiger partial charge < -0.3 is 5.32 Å². The molecule has 2 heteroatoms. The Morgan fingerprint density at radius 3 is 2.28 bits per heavy atom. The van der Waals surface area contributed by atoms with Crippen LogP contribution in [0.25, 0.3) is 0 Å². The van der Waals surface area contributed by atoms with Crippen molar-refractivity contribution in [1.29, 1.82) is 0 Å². The van der Waals surface area contributed by atoms with E-state index in [1.807, 2.05) is 18.2 Å². The third-order valence-corrected chi connectivity index (χ3v) is 3.11. The molecule has 0 saturated carbocycles. The number of hydrogen-bond donors (Lipinski definition) is 1. The van der Waals surface area contributed by atoms with Gasteiger partial charge in [0.1, 0.15) is 0 Å². The number of aryl methyl sites for hydroxylation is 1. The van der Waals surface area contributed by atoms with Crippen molar-refractivity contribution in [1.82, 2.24) is 5.32 Å². The van der Waals surface area contributed by atoms with Crippen molar-refractivity contribution in [2.45, 2.75) is 19.9 Å². The lowest BCUT2D eigenvalue weighted by molar-refractivity contribution is 0.911. The maximum absolute atomic E-state index is 5.35. The average Bonchev–Trinajstić information content (AvgIpc) is 2.39. The average molecular weight is 255 g/mol. The van der Waals surface area contributed by atoms with Crippen LogP contribution in [0.4, 0.5) is 0 Å². The van der Waals surface area contributed by atoms with Gasteiger partial charge in [0.2, 0.25) is 0 Å². The number of thiocarbonyl (C=S) groups is 1. The molecule has 0 amide bonds. The van der Waals surface area contributed by atoms with E-state index in [2.05, 4.69) is 48.6 Å². The van der Waals surface area contributed by atoms with Gasteiger partial charge in [-0.25, -0.2) is 0 Å². The van der Waals surface area contributed by atoms with Gasteiger partial charge in [0, 0.05) is 13.0 Å². The van der Waals surface area contributed by atoms with Crippen molar-refractivity contribution >= 4 is 17.2 Å². The Morgan fingerprint density at radius 2 is 1.61 bits per heavy atom. The number of rotatable bonds is 4. The first-order valence-electron chi connectivity index (χ1n) is 6.10. The van der Waals surface area contributed by atoms with Crippen LogP contribution < -0.4 is 5.32 Å². The quantitative estimate of drug-likeness (QED) is 0.837. The predicted molar refractivity (Wildman–Crippen MR) is 80.8 cm³/mol. The molecule has 2 aromatic carbocycles. The highest BCUT2D eigenvalue weighted by atomic mass is 32.1. The summed E-state index contributed by atoms with van der Waals surface area (Å²) in [5, 5.41) is 3.30. The Hall–Kier alpha value is -1.67.